The van der Waals surface area contributed by atoms with E-state index < -0.39 is 0 Å². The molecule has 0 fully saturated rings. The molecule has 0 saturated carbocycles. The third-order valence-corrected chi connectivity index (χ3v) is 31.4. The average molecular weight is 1930 g/mol. The fourth-order valence-corrected chi connectivity index (χ4v) is 22.1. The van der Waals surface area contributed by atoms with Crippen LogP contribution in [0.5, 0.6) is 23.0 Å². The van der Waals surface area contributed by atoms with E-state index in [9.17, 15) is 0 Å². The number of hydrogen-bond donors (Lipinski definition) is 2. The molecule has 3 aromatic heterocycles. The van der Waals surface area contributed by atoms with Gasteiger partial charge in [0, 0.05) is 43.8 Å². The van der Waals surface area contributed by atoms with Crippen LogP contribution in [0, 0.1) is 23.7 Å². The lowest BCUT2D eigenvalue weighted by Crippen LogP contribution is -2.12. The van der Waals surface area contributed by atoms with Gasteiger partial charge in [0.25, 0.3) is 0 Å². The van der Waals surface area contributed by atoms with Gasteiger partial charge >= 0.3 is 0 Å². The number of hydrogen-bond acceptors (Lipinski definition) is 10. The summed E-state index contributed by atoms with van der Waals surface area (Å²) in [6, 6.07) is 26.3. The Morgan fingerprint density at radius 1 is 0.171 bits per heavy atom. The maximum absolute atomic E-state index is 7.16. The third-order valence-electron chi connectivity index (χ3n) is 31.4. The number of aromatic nitrogens is 8. The van der Waals surface area contributed by atoms with Gasteiger partial charge in [0.2, 0.25) is 0 Å². The molecular formula is C128H210N8O4. The minimum absolute atomic E-state index is 0.482. The van der Waals surface area contributed by atoms with Gasteiger partial charge in [-0.25, -0.2) is 29.9 Å². The van der Waals surface area contributed by atoms with Crippen molar-refractivity contribution in [2.24, 2.45) is 23.7 Å². The number of rotatable bonds is 92. The van der Waals surface area contributed by atoms with Crippen LogP contribution in [0.15, 0.2) is 72.8 Å². The zero-order chi connectivity index (χ0) is 98.2. The van der Waals surface area contributed by atoms with E-state index in [4.69, 9.17) is 48.9 Å². The van der Waals surface area contributed by atoms with Gasteiger partial charge < -0.3 is 28.9 Å². The van der Waals surface area contributed by atoms with Crippen molar-refractivity contribution < 1.29 is 18.9 Å². The SMILES string of the molecule is CCCCCCCCCCCCC(CCCCCCCCCC)COc1ccc2c(c1)-c1nc-2nc2[nH]c(nc3nc(nc4[nH]c(n1)c1ccc(OCC(CCCCCCCCCC)CCCCCCCCCCCC)cc41)-c1ccc(OCC(CCCCCCCCCC)CCCCCCCCCCCC)cc1-3)c1cc(OCC(CCCCCCCCCC)CCCCCCCCCCCC)ccc21. The molecule has 4 atom stereocenters. The predicted octanol–water partition coefficient (Wildman–Crippen LogP) is 42.2. The number of nitrogens with zero attached hydrogens (tertiary/aromatic N) is 6. The van der Waals surface area contributed by atoms with E-state index in [0.29, 0.717) is 96.0 Å². The van der Waals surface area contributed by atoms with E-state index in [1.165, 1.54) is 514 Å². The van der Waals surface area contributed by atoms with Crippen molar-refractivity contribution >= 4 is 44.1 Å². The van der Waals surface area contributed by atoms with E-state index >= 15 is 0 Å². The Hall–Kier alpha value is -6.56. The number of unbranched alkanes of at least 4 members (excludes halogenated alkanes) is 64. The molecule has 0 aliphatic carbocycles. The molecule has 2 aliphatic rings. The van der Waals surface area contributed by atoms with Crippen LogP contribution in [-0.4, -0.2) is 66.3 Å². The molecule has 2 aliphatic heterocycles. The maximum Gasteiger partial charge on any atom is 0.164 e. The van der Waals surface area contributed by atoms with Crippen LogP contribution in [0.25, 0.3) is 89.7 Å². The van der Waals surface area contributed by atoms with Gasteiger partial charge in [0.1, 0.15) is 45.6 Å². The summed E-state index contributed by atoms with van der Waals surface area (Å²) in [6.45, 7) is 21.3. The van der Waals surface area contributed by atoms with Gasteiger partial charge in [0.05, 0.1) is 26.4 Å². The standard InChI is InChI=1S/C128H210N8O4/c1-9-17-25-33-41-49-53-61-69-77-85-105(81-73-65-57-45-37-29-21-13-5)101-137-109-89-93-113-117(97-109)125-130-121(113)129-122-114-94-90-111(139-103-107(83-75-67-59-47-39-31-23-15-7)87-79-71-63-55-51-43-35-27-19-11-3)99-119(114)127(131-122)136-128-120-100-112(140-104-108(84-76-68-60-48-40-32-24-16-8)88-80-72-64-56-52-44-36-28-20-12-4)92-96-116(120)124(135-128)134-126-118-98-110(91-95-115(118)123(132-125)133-126)138-102-106(82-74-66-58-46-38-30-22-14-6)86-78-70-62-54-50-42-34-26-18-10-2/h89-100,105-108H,9-88,101-104H2,1-8H3,(H2,129,130,131,132,133,134,135,136). The third kappa shape index (κ3) is 47.3. The van der Waals surface area contributed by atoms with Crippen molar-refractivity contribution in [3.63, 3.8) is 0 Å². The van der Waals surface area contributed by atoms with Crippen molar-refractivity contribution in [2.45, 2.75) is 569 Å². The summed E-state index contributed by atoms with van der Waals surface area (Å²) in [7, 11) is 0. The molecule has 2 N–H and O–H groups in total. The molecule has 12 nitrogen and oxygen atoms in total. The Balaban J connectivity index is 1.13. The second kappa shape index (κ2) is 76.1. The van der Waals surface area contributed by atoms with E-state index in [1.54, 1.807) is 0 Å². The summed E-state index contributed by atoms with van der Waals surface area (Å²) in [5, 5.41) is 3.71. The average Bonchev–Trinajstić information content (AvgIpc) is 1.60. The first-order chi connectivity index (χ1) is 69.3. The molecule has 8 bridgehead atoms. The quantitative estimate of drug-likeness (QED) is 0.0353. The Morgan fingerprint density at radius 2 is 0.336 bits per heavy atom. The van der Waals surface area contributed by atoms with Crippen LogP contribution < -0.4 is 18.9 Å². The second-order valence-corrected chi connectivity index (χ2v) is 44.1. The highest BCUT2D eigenvalue weighted by Gasteiger charge is 2.27. The minimum atomic E-state index is 0.482. The summed E-state index contributed by atoms with van der Waals surface area (Å²) in [5.74, 6) is 7.63. The van der Waals surface area contributed by atoms with Crippen molar-refractivity contribution in [3.05, 3.63) is 72.8 Å². The lowest BCUT2D eigenvalue weighted by Gasteiger charge is -2.18. The monoisotopic (exact) mass is 1920 g/mol. The van der Waals surface area contributed by atoms with Gasteiger partial charge in [-0.2, -0.15) is 0 Å². The van der Waals surface area contributed by atoms with Crippen LogP contribution >= 0.6 is 0 Å². The van der Waals surface area contributed by atoms with Crippen LogP contribution in [0.1, 0.15) is 569 Å². The molecular weight excluding hydrogens is 1710 g/mol. The van der Waals surface area contributed by atoms with Gasteiger partial charge in [-0.1, -0.05) is 518 Å². The Labute approximate surface area is 858 Å². The zero-order valence-corrected chi connectivity index (χ0v) is 92.0. The smallest absolute Gasteiger partial charge is 0.164 e. The lowest BCUT2D eigenvalue weighted by atomic mass is 9.94. The van der Waals surface area contributed by atoms with Crippen molar-refractivity contribution in [1.29, 1.82) is 0 Å². The molecule has 12 heteroatoms. The number of aromatic amines is 2. The van der Waals surface area contributed by atoms with Crippen molar-refractivity contribution in [3.8, 4) is 68.5 Å². The molecule has 4 aromatic carbocycles. The van der Waals surface area contributed by atoms with Crippen LogP contribution in [-0.2, 0) is 0 Å². The summed E-state index contributed by atoms with van der Waals surface area (Å²) in [5.41, 5.74) is 6.27. The number of ether oxygens (including phenoxy) is 4. The number of fused-ring (bicyclic) bond motifs is 20. The van der Waals surface area contributed by atoms with E-state index in [2.05, 4.69) is 138 Å². The molecule has 7 aromatic rings. The Kier molecular flexibility index (Phi) is 63.6. The Bertz CT molecular complexity index is 4450. The zero-order valence-electron chi connectivity index (χ0n) is 92.0. The Morgan fingerprint density at radius 3 is 0.536 bits per heavy atom. The topological polar surface area (TPSA) is 146 Å². The largest absolute Gasteiger partial charge is 0.493 e. The lowest BCUT2D eigenvalue weighted by molar-refractivity contribution is 0.224. The molecule has 0 saturated heterocycles. The first kappa shape index (κ1) is 117. The van der Waals surface area contributed by atoms with E-state index in [1.807, 2.05) is 0 Å². The molecule has 0 spiro atoms. The highest BCUT2D eigenvalue weighted by atomic mass is 16.5. The highest BCUT2D eigenvalue weighted by Crippen LogP contribution is 2.42. The number of nitrogens with one attached hydrogen (secondary N) is 2. The van der Waals surface area contributed by atoms with E-state index in [0.717, 1.165) is 66.8 Å². The molecule has 786 valence electrons. The highest BCUT2D eigenvalue weighted by molar-refractivity contribution is 6.07. The summed E-state index contributed by atoms with van der Waals surface area (Å²) < 4.78 is 28.6. The van der Waals surface area contributed by atoms with Crippen LogP contribution in [0.2, 0.25) is 0 Å². The number of benzene rings is 4. The maximum atomic E-state index is 7.16. The first-order valence-electron chi connectivity index (χ1n) is 61.2. The van der Waals surface area contributed by atoms with Crippen LogP contribution in [0.4, 0.5) is 0 Å². The fourth-order valence-electron chi connectivity index (χ4n) is 22.1. The summed E-state index contributed by atoms with van der Waals surface area (Å²) in [6.07, 6.45) is 106. The van der Waals surface area contributed by atoms with Crippen molar-refractivity contribution in [2.75, 3.05) is 26.4 Å². The summed E-state index contributed by atoms with van der Waals surface area (Å²) in [4.78, 5) is 41.8. The molecule has 9 rings (SSSR count). The van der Waals surface area contributed by atoms with Gasteiger partial charge in [-0.05, 0) is 148 Å². The van der Waals surface area contributed by atoms with Gasteiger partial charge in [-0.15, -0.1) is 0 Å². The second-order valence-electron chi connectivity index (χ2n) is 44.1. The normalized spacial score (nSPS) is 12.9. The molecule has 0 radical (unpaired) electrons. The number of H-pyrrole nitrogens is 2. The fraction of sp³-hybridized carbons (Fsp3) is 0.750. The van der Waals surface area contributed by atoms with Crippen molar-refractivity contribution in [1.82, 2.24) is 39.9 Å². The molecule has 140 heavy (non-hydrogen) atoms. The first-order valence-corrected chi connectivity index (χ1v) is 61.2. The van der Waals surface area contributed by atoms with Crippen LogP contribution in [0.3, 0.4) is 0 Å². The van der Waals surface area contributed by atoms with Gasteiger partial charge in [0.15, 0.2) is 23.3 Å². The van der Waals surface area contributed by atoms with Gasteiger partial charge in [-0.3, -0.25) is 0 Å². The predicted molar refractivity (Wildman–Crippen MR) is 607 cm³/mol. The molecule has 5 heterocycles. The minimum Gasteiger partial charge on any atom is -0.493 e. The summed E-state index contributed by atoms with van der Waals surface area (Å²) >= 11 is 0. The van der Waals surface area contributed by atoms with E-state index in [-0.39, 0.29) is 0 Å². The molecule has 4 unspecified atom stereocenters. The molecule has 0 amide bonds.